The number of hydrogen-bond donors (Lipinski definition) is 2. The third kappa shape index (κ3) is 13.4. The summed E-state index contributed by atoms with van der Waals surface area (Å²) >= 11 is 0. The maximum Gasteiger partial charge on any atom is 0.191 e. The van der Waals surface area contributed by atoms with E-state index in [9.17, 15) is 0 Å². The van der Waals surface area contributed by atoms with Crippen molar-refractivity contribution >= 4 is 29.9 Å². The van der Waals surface area contributed by atoms with Crippen molar-refractivity contribution in [3.05, 3.63) is 0 Å². The van der Waals surface area contributed by atoms with Crippen LogP contribution in [-0.4, -0.2) is 49.6 Å². The van der Waals surface area contributed by atoms with Gasteiger partial charge in [0.1, 0.15) is 0 Å². The lowest BCUT2D eigenvalue weighted by atomic mass is 10.2. The van der Waals surface area contributed by atoms with Gasteiger partial charge >= 0.3 is 0 Å². The van der Waals surface area contributed by atoms with Crippen molar-refractivity contribution in [3.8, 4) is 0 Å². The summed E-state index contributed by atoms with van der Waals surface area (Å²) in [5.74, 6) is 1.56. The second-order valence-corrected chi connectivity index (χ2v) is 5.83. The summed E-state index contributed by atoms with van der Waals surface area (Å²) in [6.07, 6.45) is 2.42. The van der Waals surface area contributed by atoms with Crippen LogP contribution >= 0.6 is 24.0 Å². The smallest absolute Gasteiger partial charge is 0.191 e. The van der Waals surface area contributed by atoms with Crippen LogP contribution in [0.15, 0.2) is 4.99 Å². The minimum Gasteiger partial charge on any atom is -0.357 e. The van der Waals surface area contributed by atoms with Gasteiger partial charge in [-0.2, -0.15) is 0 Å². The topological polar surface area (TPSA) is 39.7 Å². The lowest BCUT2D eigenvalue weighted by Gasteiger charge is -2.21. The van der Waals surface area contributed by atoms with E-state index in [1.807, 2.05) is 0 Å². The molecule has 1 atom stereocenters. The molecule has 0 aliphatic carbocycles. The van der Waals surface area contributed by atoms with Crippen molar-refractivity contribution < 1.29 is 0 Å². The summed E-state index contributed by atoms with van der Waals surface area (Å²) in [5.41, 5.74) is 0. The molecule has 0 aliphatic rings. The molecule has 0 heterocycles. The molecule has 0 saturated heterocycles. The number of hydrogen-bond acceptors (Lipinski definition) is 2. The van der Waals surface area contributed by atoms with Gasteiger partial charge in [0.25, 0.3) is 0 Å². The molecule has 0 spiro atoms. The van der Waals surface area contributed by atoms with Crippen molar-refractivity contribution in [2.45, 2.75) is 60.4 Å². The Labute approximate surface area is 149 Å². The molecule has 1 unspecified atom stereocenters. The van der Waals surface area contributed by atoms with Gasteiger partial charge in [-0.3, -0.25) is 4.99 Å². The molecule has 0 aromatic rings. The fourth-order valence-electron chi connectivity index (χ4n) is 2.06. The Morgan fingerprint density at radius 3 is 2.19 bits per heavy atom. The van der Waals surface area contributed by atoms with Crippen molar-refractivity contribution in [3.63, 3.8) is 0 Å². The van der Waals surface area contributed by atoms with E-state index in [2.05, 4.69) is 62.1 Å². The van der Waals surface area contributed by atoms with E-state index < -0.39 is 0 Å². The third-order valence-corrected chi connectivity index (χ3v) is 3.35. The summed E-state index contributed by atoms with van der Waals surface area (Å²) < 4.78 is 0. The summed E-state index contributed by atoms with van der Waals surface area (Å²) in [6, 6.07) is 0.468. The Morgan fingerprint density at radius 1 is 1.10 bits per heavy atom. The van der Waals surface area contributed by atoms with Crippen molar-refractivity contribution in [2.24, 2.45) is 10.9 Å². The molecule has 4 nitrogen and oxygen atoms in total. The highest BCUT2D eigenvalue weighted by Gasteiger charge is 2.06. The molecule has 0 amide bonds. The molecular weight excluding hydrogens is 375 g/mol. The average Bonchev–Trinajstić information content (AvgIpc) is 2.41. The van der Waals surface area contributed by atoms with Crippen LogP contribution in [0.1, 0.15) is 54.4 Å². The van der Waals surface area contributed by atoms with Crippen LogP contribution in [0.5, 0.6) is 0 Å². The zero-order valence-electron chi connectivity index (χ0n) is 14.9. The molecular formula is C16H37IN4. The molecule has 0 fully saturated rings. The number of guanidine groups is 1. The molecule has 0 radical (unpaired) electrons. The lowest BCUT2D eigenvalue weighted by Crippen LogP contribution is -2.42. The fourth-order valence-corrected chi connectivity index (χ4v) is 2.06. The molecule has 0 saturated carbocycles. The number of halogens is 1. The van der Waals surface area contributed by atoms with Crippen molar-refractivity contribution in [2.75, 3.05) is 32.7 Å². The zero-order chi connectivity index (χ0) is 15.4. The quantitative estimate of drug-likeness (QED) is 0.329. The first kappa shape index (κ1) is 23.2. The van der Waals surface area contributed by atoms with Crippen LogP contribution in [0.2, 0.25) is 0 Å². The van der Waals surface area contributed by atoms with Crippen LogP contribution in [-0.2, 0) is 0 Å². The Kier molecular flexibility index (Phi) is 16.5. The zero-order valence-corrected chi connectivity index (χ0v) is 17.2. The monoisotopic (exact) mass is 412 g/mol. The predicted octanol–water partition coefficient (Wildman–Crippen LogP) is 3.33. The molecule has 5 heteroatoms. The van der Waals surface area contributed by atoms with E-state index in [0.29, 0.717) is 12.0 Å². The average molecular weight is 412 g/mol. The van der Waals surface area contributed by atoms with E-state index in [1.54, 1.807) is 0 Å². The molecule has 0 rings (SSSR count). The third-order valence-electron chi connectivity index (χ3n) is 3.35. The van der Waals surface area contributed by atoms with Crippen LogP contribution in [0.3, 0.4) is 0 Å². The summed E-state index contributed by atoms with van der Waals surface area (Å²) in [7, 11) is 0. The Bertz CT molecular complexity index is 253. The highest BCUT2D eigenvalue weighted by atomic mass is 127. The van der Waals surface area contributed by atoms with E-state index in [0.717, 1.165) is 32.1 Å². The highest BCUT2D eigenvalue weighted by molar-refractivity contribution is 14.0. The van der Waals surface area contributed by atoms with Gasteiger partial charge < -0.3 is 15.5 Å². The Balaban J connectivity index is 0. The number of nitrogens with zero attached hydrogens (tertiary/aromatic N) is 2. The number of rotatable bonds is 10. The van der Waals surface area contributed by atoms with E-state index in [-0.39, 0.29) is 24.0 Å². The summed E-state index contributed by atoms with van der Waals surface area (Å²) in [5, 5.41) is 6.82. The molecule has 0 aromatic heterocycles. The van der Waals surface area contributed by atoms with Crippen molar-refractivity contribution in [1.82, 2.24) is 15.5 Å². The van der Waals surface area contributed by atoms with Gasteiger partial charge in [0, 0.05) is 19.1 Å². The van der Waals surface area contributed by atoms with Gasteiger partial charge in [0.05, 0.1) is 0 Å². The van der Waals surface area contributed by atoms with E-state index in [4.69, 9.17) is 0 Å². The van der Waals surface area contributed by atoms with Crippen LogP contribution < -0.4 is 10.6 Å². The van der Waals surface area contributed by atoms with Gasteiger partial charge in [0.15, 0.2) is 5.96 Å². The van der Waals surface area contributed by atoms with Crippen LogP contribution in [0, 0.1) is 5.92 Å². The first-order chi connectivity index (χ1) is 9.53. The number of nitrogens with one attached hydrogen (secondary N) is 2. The second kappa shape index (κ2) is 14.9. The maximum absolute atomic E-state index is 4.61. The predicted molar refractivity (Wildman–Crippen MR) is 106 cm³/mol. The Morgan fingerprint density at radius 2 is 1.71 bits per heavy atom. The highest BCUT2D eigenvalue weighted by Crippen LogP contribution is 2.00. The lowest BCUT2D eigenvalue weighted by molar-refractivity contribution is 0.292. The first-order valence-corrected chi connectivity index (χ1v) is 8.30. The number of aliphatic imine (C=N–C) groups is 1. The molecule has 21 heavy (non-hydrogen) atoms. The van der Waals surface area contributed by atoms with Crippen LogP contribution in [0.25, 0.3) is 0 Å². The van der Waals surface area contributed by atoms with Gasteiger partial charge in [-0.05, 0) is 52.2 Å². The second-order valence-electron chi connectivity index (χ2n) is 5.83. The van der Waals surface area contributed by atoms with Gasteiger partial charge in [-0.1, -0.05) is 27.7 Å². The fraction of sp³-hybridized carbons (Fsp3) is 0.938. The standard InChI is InChI=1S/C16H36N4.HI/c1-7-17-16(18-13-14(4)5)19-15(6)11-10-12-20(8-2)9-3;/h14-15H,7-13H2,1-6H3,(H2,17,18,19);1H. The largest absolute Gasteiger partial charge is 0.357 e. The molecule has 2 N–H and O–H groups in total. The van der Waals surface area contributed by atoms with E-state index in [1.165, 1.54) is 19.4 Å². The van der Waals surface area contributed by atoms with Gasteiger partial charge in [0.2, 0.25) is 0 Å². The normalized spacial score (nSPS) is 13.2. The molecule has 0 aliphatic heterocycles. The summed E-state index contributed by atoms with van der Waals surface area (Å²) in [6.45, 7) is 18.5. The van der Waals surface area contributed by atoms with Gasteiger partial charge in [-0.25, -0.2) is 0 Å². The summed E-state index contributed by atoms with van der Waals surface area (Å²) in [4.78, 5) is 7.09. The maximum atomic E-state index is 4.61. The SMILES string of the molecule is CCNC(=NCC(C)C)NC(C)CCCN(CC)CC.I. The molecule has 0 aromatic carbocycles. The molecule has 0 bridgehead atoms. The Hall–Kier alpha value is -0.0400. The van der Waals surface area contributed by atoms with Gasteiger partial charge in [-0.15, -0.1) is 24.0 Å². The van der Waals surface area contributed by atoms with E-state index >= 15 is 0 Å². The van der Waals surface area contributed by atoms with Crippen LogP contribution in [0.4, 0.5) is 0 Å². The minimum absolute atomic E-state index is 0. The first-order valence-electron chi connectivity index (χ1n) is 8.30. The minimum atomic E-state index is 0. The van der Waals surface area contributed by atoms with Crippen molar-refractivity contribution in [1.29, 1.82) is 0 Å². The molecule has 128 valence electrons.